The van der Waals surface area contributed by atoms with Gasteiger partial charge in [0, 0.05) is 6.07 Å². The number of Topliss-reactive ketones (excluding diaryl/α,β-unsaturated/α-hetero) is 1. The van der Waals surface area contributed by atoms with E-state index in [4.69, 9.17) is 16.9 Å². The smallest absolute Gasteiger partial charge is 0.274 e. The van der Waals surface area contributed by atoms with Crippen molar-refractivity contribution in [3.8, 4) is 6.07 Å². The van der Waals surface area contributed by atoms with E-state index in [0.717, 1.165) is 0 Å². The molecule has 1 unspecified atom stereocenters. The molecule has 0 heterocycles. The van der Waals surface area contributed by atoms with Crippen LogP contribution in [0.25, 0.3) is 0 Å². The Bertz CT molecular complexity index is 508. The van der Waals surface area contributed by atoms with Gasteiger partial charge in [0.2, 0.25) is 0 Å². The molecule has 0 bridgehead atoms. The molecular formula is C11H9ClN2O3. The second-order valence-corrected chi connectivity index (χ2v) is 3.85. The van der Waals surface area contributed by atoms with E-state index in [2.05, 4.69) is 0 Å². The average molecular weight is 253 g/mol. The van der Waals surface area contributed by atoms with Crippen molar-refractivity contribution in [2.24, 2.45) is 0 Å². The van der Waals surface area contributed by atoms with E-state index in [1.54, 1.807) is 6.07 Å². The first-order valence-electron chi connectivity index (χ1n) is 4.76. The maximum Gasteiger partial charge on any atom is 0.274 e. The van der Waals surface area contributed by atoms with Gasteiger partial charge in [-0.05, 0) is 12.5 Å². The number of alkyl halides is 1. The predicted molar refractivity (Wildman–Crippen MR) is 61.7 cm³/mol. The lowest BCUT2D eigenvalue weighted by Crippen LogP contribution is -2.08. The van der Waals surface area contributed by atoms with Gasteiger partial charge in [-0.2, -0.15) is 5.26 Å². The van der Waals surface area contributed by atoms with E-state index in [9.17, 15) is 14.9 Å². The lowest BCUT2D eigenvalue weighted by molar-refractivity contribution is -0.385. The molecule has 0 saturated heterocycles. The standard InChI is InChI=1S/C11H9ClN2O3/c1-7(15)11(12)10-8(5-6-13)3-2-4-9(10)14(16)17/h2-4,11H,5H2,1H3. The first kappa shape index (κ1) is 13.1. The molecule has 0 fully saturated rings. The highest BCUT2D eigenvalue weighted by atomic mass is 35.5. The molecule has 0 aliphatic heterocycles. The lowest BCUT2D eigenvalue weighted by Gasteiger charge is -2.10. The van der Waals surface area contributed by atoms with Crippen LogP contribution in [0.4, 0.5) is 5.69 Å². The van der Waals surface area contributed by atoms with Crippen LogP contribution in [0.3, 0.4) is 0 Å². The third kappa shape index (κ3) is 2.80. The third-order valence-electron chi connectivity index (χ3n) is 2.25. The third-order valence-corrected chi connectivity index (χ3v) is 2.78. The molecule has 1 aromatic carbocycles. The van der Waals surface area contributed by atoms with Gasteiger partial charge in [-0.15, -0.1) is 11.6 Å². The molecule has 88 valence electrons. The summed E-state index contributed by atoms with van der Waals surface area (Å²) >= 11 is 5.87. The fourth-order valence-electron chi connectivity index (χ4n) is 1.49. The molecule has 6 heteroatoms. The van der Waals surface area contributed by atoms with Crippen LogP contribution >= 0.6 is 11.6 Å². The molecule has 0 aromatic heterocycles. The van der Waals surface area contributed by atoms with Gasteiger partial charge < -0.3 is 0 Å². The molecule has 17 heavy (non-hydrogen) atoms. The van der Waals surface area contributed by atoms with E-state index in [1.165, 1.54) is 19.1 Å². The summed E-state index contributed by atoms with van der Waals surface area (Å²) in [7, 11) is 0. The van der Waals surface area contributed by atoms with E-state index in [0.29, 0.717) is 5.56 Å². The Kier molecular flexibility index (Phi) is 4.18. The van der Waals surface area contributed by atoms with Crippen LogP contribution in [0.1, 0.15) is 23.4 Å². The van der Waals surface area contributed by atoms with Crippen molar-refractivity contribution in [2.45, 2.75) is 18.7 Å². The average Bonchev–Trinajstić information content (AvgIpc) is 2.28. The summed E-state index contributed by atoms with van der Waals surface area (Å²) in [6.07, 6.45) is -0.0203. The highest BCUT2D eigenvalue weighted by Gasteiger charge is 2.26. The molecule has 1 rings (SSSR count). The fraction of sp³-hybridized carbons (Fsp3) is 0.273. The number of hydrogen-bond acceptors (Lipinski definition) is 4. The second kappa shape index (κ2) is 5.41. The molecule has 0 amide bonds. The number of halogens is 1. The first-order valence-corrected chi connectivity index (χ1v) is 5.20. The topological polar surface area (TPSA) is 84.0 Å². The van der Waals surface area contributed by atoms with E-state index < -0.39 is 10.3 Å². The number of carbonyl (C=O) groups is 1. The van der Waals surface area contributed by atoms with Crippen LogP contribution in [0.5, 0.6) is 0 Å². The molecule has 0 spiro atoms. The van der Waals surface area contributed by atoms with Crippen molar-refractivity contribution in [1.82, 2.24) is 0 Å². The molecular weight excluding hydrogens is 244 g/mol. The minimum Gasteiger partial charge on any atom is -0.298 e. The monoisotopic (exact) mass is 252 g/mol. The number of nitro benzene ring substituents is 1. The van der Waals surface area contributed by atoms with E-state index in [-0.39, 0.29) is 23.5 Å². The number of nitro groups is 1. The molecule has 0 radical (unpaired) electrons. The van der Waals surface area contributed by atoms with Crippen LogP contribution < -0.4 is 0 Å². The fourth-order valence-corrected chi connectivity index (χ4v) is 1.75. The van der Waals surface area contributed by atoms with Crippen LogP contribution in [0, 0.1) is 21.4 Å². The normalized spacial score (nSPS) is 11.6. The molecule has 0 saturated carbocycles. The summed E-state index contributed by atoms with van der Waals surface area (Å²) in [5.74, 6) is -0.389. The minimum atomic E-state index is -1.10. The maximum absolute atomic E-state index is 11.2. The Morgan fingerprint density at radius 2 is 2.29 bits per heavy atom. The Labute approximate surface area is 103 Å². The number of nitrogens with zero attached hydrogens (tertiary/aromatic N) is 2. The summed E-state index contributed by atoms with van der Waals surface area (Å²) in [5.41, 5.74) is 0.304. The van der Waals surface area contributed by atoms with Gasteiger partial charge in [0.05, 0.1) is 23.0 Å². The summed E-state index contributed by atoms with van der Waals surface area (Å²) in [6, 6.07) is 6.19. The lowest BCUT2D eigenvalue weighted by atomic mass is 9.98. The number of nitriles is 1. The molecule has 0 aliphatic carbocycles. The van der Waals surface area contributed by atoms with Crippen molar-refractivity contribution in [2.75, 3.05) is 0 Å². The van der Waals surface area contributed by atoms with Gasteiger partial charge in [-0.25, -0.2) is 0 Å². The SMILES string of the molecule is CC(=O)C(Cl)c1c(CC#N)cccc1[N+](=O)[O-]. The van der Waals surface area contributed by atoms with Gasteiger partial charge in [0.25, 0.3) is 5.69 Å². The van der Waals surface area contributed by atoms with Crippen LogP contribution in [-0.4, -0.2) is 10.7 Å². The van der Waals surface area contributed by atoms with E-state index >= 15 is 0 Å². The van der Waals surface area contributed by atoms with Gasteiger partial charge in [-0.3, -0.25) is 14.9 Å². The summed E-state index contributed by atoms with van der Waals surface area (Å²) in [5, 5.41) is 18.4. The largest absolute Gasteiger partial charge is 0.298 e. The second-order valence-electron chi connectivity index (χ2n) is 3.42. The zero-order valence-corrected chi connectivity index (χ0v) is 9.77. The van der Waals surface area contributed by atoms with Crippen LogP contribution in [0.2, 0.25) is 0 Å². The summed E-state index contributed by atoms with van der Waals surface area (Å²) in [6.45, 7) is 1.25. The van der Waals surface area contributed by atoms with Crippen LogP contribution in [-0.2, 0) is 11.2 Å². The molecule has 1 atom stereocenters. The van der Waals surface area contributed by atoms with Crippen molar-refractivity contribution in [1.29, 1.82) is 5.26 Å². The van der Waals surface area contributed by atoms with Crippen molar-refractivity contribution >= 4 is 23.1 Å². The quantitative estimate of drug-likeness (QED) is 0.468. The Morgan fingerprint density at radius 3 is 2.76 bits per heavy atom. The Hall–Kier alpha value is -1.93. The minimum absolute atomic E-state index is 0.0203. The molecule has 0 aliphatic rings. The molecule has 1 aromatic rings. The van der Waals surface area contributed by atoms with Crippen molar-refractivity contribution in [3.63, 3.8) is 0 Å². The first-order chi connectivity index (χ1) is 7.99. The van der Waals surface area contributed by atoms with Gasteiger partial charge in [0.1, 0.15) is 5.38 Å². The van der Waals surface area contributed by atoms with Crippen LogP contribution in [0.15, 0.2) is 18.2 Å². The van der Waals surface area contributed by atoms with Crippen molar-refractivity contribution < 1.29 is 9.72 Å². The predicted octanol–water partition coefficient (Wildman–Crippen LogP) is 2.53. The zero-order chi connectivity index (χ0) is 13.0. The highest BCUT2D eigenvalue weighted by Crippen LogP contribution is 2.33. The van der Waals surface area contributed by atoms with Gasteiger partial charge in [-0.1, -0.05) is 12.1 Å². The molecule has 0 N–H and O–H groups in total. The zero-order valence-electron chi connectivity index (χ0n) is 9.01. The number of hydrogen-bond donors (Lipinski definition) is 0. The van der Waals surface area contributed by atoms with E-state index in [1.807, 2.05) is 6.07 Å². The molecule has 5 nitrogen and oxygen atoms in total. The summed E-state index contributed by atoms with van der Waals surface area (Å²) < 4.78 is 0. The van der Waals surface area contributed by atoms with Gasteiger partial charge >= 0.3 is 0 Å². The Morgan fingerprint density at radius 1 is 1.65 bits per heavy atom. The Balaban J connectivity index is 3.44. The number of carbonyl (C=O) groups excluding carboxylic acids is 1. The number of ketones is 1. The summed E-state index contributed by atoms with van der Waals surface area (Å²) in [4.78, 5) is 21.5. The maximum atomic E-state index is 11.2. The van der Waals surface area contributed by atoms with Gasteiger partial charge in [0.15, 0.2) is 5.78 Å². The van der Waals surface area contributed by atoms with Crippen molar-refractivity contribution in [3.05, 3.63) is 39.4 Å². The highest BCUT2D eigenvalue weighted by molar-refractivity contribution is 6.31. The number of benzene rings is 1. The number of rotatable bonds is 4.